The van der Waals surface area contributed by atoms with Crippen LogP contribution in [0.25, 0.3) is 11.1 Å². The van der Waals surface area contributed by atoms with E-state index in [0.29, 0.717) is 0 Å². The Labute approximate surface area is 325 Å². The summed E-state index contributed by atoms with van der Waals surface area (Å²) in [5.74, 6) is 0. The molecule has 7 aromatic carbocycles. The van der Waals surface area contributed by atoms with Crippen LogP contribution in [0.3, 0.4) is 0 Å². The summed E-state index contributed by atoms with van der Waals surface area (Å²) in [7, 11) is 0. The molecule has 1 spiro atoms. The predicted molar refractivity (Wildman–Crippen MR) is 226 cm³/mol. The van der Waals surface area contributed by atoms with Crippen molar-refractivity contribution in [2.45, 2.75) is 55.9 Å². The molecule has 12 rings (SSSR count). The second-order valence-corrected chi connectivity index (χ2v) is 16.3. The summed E-state index contributed by atoms with van der Waals surface area (Å²) in [6.07, 6.45) is 4.46. The smallest absolute Gasteiger partial charge is 0.247 e. The van der Waals surface area contributed by atoms with Crippen molar-refractivity contribution < 1.29 is 6.85 Å². The van der Waals surface area contributed by atoms with Crippen LogP contribution in [0.4, 0.5) is 28.4 Å². The van der Waals surface area contributed by atoms with Gasteiger partial charge in [-0.3, -0.25) is 0 Å². The summed E-state index contributed by atoms with van der Waals surface area (Å²) in [5.41, 5.74) is 16.5. The van der Waals surface area contributed by atoms with Gasteiger partial charge in [0, 0.05) is 33.9 Å². The Morgan fingerprint density at radius 2 is 1.22 bits per heavy atom. The van der Waals surface area contributed by atoms with Crippen molar-refractivity contribution in [2.75, 3.05) is 9.80 Å². The zero-order valence-electron chi connectivity index (χ0n) is 35.5. The lowest BCUT2D eigenvalue weighted by Crippen LogP contribution is -2.66. The molecule has 0 N–H and O–H groups in total. The van der Waals surface area contributed by atoms with Crippen molar-refractivity contribution in [3.05, 3.63) is 191 Å². The summed E-state index contributed by atoms with van der Waals surface area (Å²) in [6, 6.07) is 46.9. The molecule has 3 heteroatoms. The van der Waals surface area contributed by atoms with Crippen LogP contribution in [0.2, 0.25) is 0 Å². The molecule has 3 heterocycles. The average molecular weight is 698 g/mol. The van der Waals surface area contributed by atoms with Gasteiger partial charge in [0.1, 0.15) is 0 Å². The Hall–Kier alpha value is -5.80. The van der Waals surface area contributed by atoms with E-state index in [1.165, 1.54) is 67.4 Å². The van der Waals surface area contributed by atoms with Crippen LogP contribution < -0.4 is 26.2 Å². The first-order valence-corrected chi connectivity index (χ1v) is 19.5. The van der Waals surface area contributed by atoms with Crippen LogP contribution in [-0.2, 0) is 10.8 Å². The van der Waals surface area contributed by atoms with E-state index in [1.807, 2.05) is 35.2 Å². The molecule has 54 heavy (non-hydrogen) atoms. The van der Waals surface area contributed by atoms with E-state index in [4.69, 9.17) is 6.85 Å². The Morgan fingerprint density at radius 1 is 0.574 bits per heavy atom. The zero-order chi connectivity index (χ0) is 40.2. The highest BCUT2D eigenvalue weighted by Gasteiger charge is 2.63. The number of rotatable bonds is 3. The van der Waals surface area contributed by atoms with Gasteiger partial charge < -0.3 is 9.80 Å². The highest BCUT2D eigenvalue weighted by molar-refractivity contribution is 6.99. The van der Waals surface area contributed by atoms with E-state index in [-0.39, 0.29) is 47.5 Å². The molecular weight excluding hydrogens is 651 g/mol. The third kappa shape index (κ3) is 3.54. The average Bonchev–Trinajstić information content (AvgIpc) is 3.68. The third-order valence-electron chi connectivity index (χ3n) is 14.2. The van der Waals surface area contributed by atoms with Gasteiger partial charge in [0.2, 0.25) is 6.71 Å². The Balaban J connectivity index is 1.19. The molecule has 1 saturated carbocycles. The number of fused-ring (bicyclic) bond motifs is 15. The van der Waals surface area contributed by atoms with Gasteiger partial charge in [-0.15, -0.1) is 0 Å². The van der Waals surface area contributed by atoms with Gasteiger partial charge in [0.25, 0.3) is 0 Å². The van der Waals surface area contributed by atoms with Gasteiger partial charge in [0.15, 0.2) is 0 Å². The van der Waals surface area contributed by atoms with Gasteiger partial charge in [-0.25, -0.2) is 0 Å². The zero-order valence-corrected chi connectivity index (χ0v) is 30.5. The summed E-state index contributed by atoms with van der Waals surface area (Å²) in [6.45, 7) is 4.93. The molecule has 258 valence electrons. The molecule has 0 amide bonds. The molecule has 0 bridgehead atoms. The molecule has 1 fully saturated rings. The normalized spacial score (nSPS) is 22.7. The van der Waals surface area contributed by atoms with Crippen LogP contribution >= 0.6 is 0 Å². The fourth-order valence-corrected chi connectivity index (χ4v) is 11.8. The highest BCUT2D eigenvalue weighted by atomic mass is 15.3. The maximum absolute atomic E-state index is 9.14. The number of nitrogens with zero attached hydrogens (tertiary/aromatic N) is 2. The standard InChI is InChI=1S/C51H41BN2/c1-49-31-15-16-32-50(49,2)54-46-33-36(53(34-17-5-3-6-18-34)35-19-7-4-8-20-35)27-30-45(46)52-44-26-14-13-25-41(44)51(42-28-29-43(49)48(54)47(42)52)39-23-11-9-21-37(39)38-22-10-12-24-40(38)51/h3-14,17-30,33H,15-16,31-32H2,1-2H3/i3D,5D,6D,17D,18D. The fraction of sp³-hybridized carbons (Fsp3) is 0.176. The van der Waals surface area contributed by atoms with Crippen LogP contribution in [0.1, 0.15) is 74.2 Å². The minimum absolute atomic E-state index is 0.0414. The van der Waals surface area contributed by atoms with Crippen LogP contribution in [0.5, 0.6) is 0 Å². The maximum Gasteiger partial charge on any atom is 0.247 e. The van der Waals surface area contributed by atoms with E-state index in [0.717, 1.165) is 36.3 Å². The highest BCUT2D eigenvalue weighted by Crippen LogP contribution is 2.64. The van der Waals surface area contributed by atoms with Crippen LogP contribution in [-0.4, -0.2) is 12.3 Å². The summed E-state index contributed by atoms with van der Waals surface area (Å²) in [5, 5.41) is 0. The SMILES string of the molecule is [2H]c1c([2H])c([2H])c(N(c2ccccc2)c2ccc3c(c2)N2c4c(ccc5c4B3c3ccccc3C53c4ccccc4-c4ccccc43)C3(C)CCCCC23C)c([2H])c1[2H]. The van der Waals surface area contributed by atoms with Gasteiger partial charge in [-0.1, -0.05) is 153 Å². The summed E-state index contributed by atoms with van der Waals surface area (Å²) < 4.78 is 44.0. The van der Waals surface area contributed by atoms with Crippen molar-refractivity contribution in [3.63, 3.8) is 0 Å². The number of benzene rings is 7. The summed E-state index contributed by atoms with van der Waals surface area (Å²) in [4.78, 5) is 4.57. The van der Waals surface area contributed by atoms with Crippen molar-refractivity contribution in [3.8, 4) is 11.1 Å². The Morgan fingerprint density at radius 3 is 1.98 bits per heavy atom. The fourth-order valence-electron chi connectivity index (χ4n) is 11.8. The predicted octanol–water partition coefficient (Wildman–Crippen LogP) is 10.4. The minimum Gasteiger partial charge on any atom is -0.335 e. The number of hydrogen-bond donors (Lipinski definition) is 0. The van der Waals surface area contributed by atoms with E-state index >= 15 is 0 Å². The minimum atomic E-state index is -0.492. The van der Waals surface area contributed by atoms with E-state index in [1.54, 1.807) is 0 Å². The van der Waals surface area contributed by atoms with Gasteiger partial charge in [0.05, 0.1) is 17.8 Å². The Bertz CT molecular complexity index is 2910. The van der Waals surface area contributed by atoms with Crippen molar-refractivity contribution >= 4 is 51.5 Å². The first-order valence-electron chi connectivity index (χ1n) is 22.0. The Kier molecular flexibility index (Phi) is 5.15. The van der Waals surface area contributed by atoms with Gasteiger partial charge in [-0.05, 0) is 106 Å². The van der Waals surface area contributed by atoms with Gasteiger partial charge >= 0.3 is 0 Å². The monoisotopic (exact) mass is 697 g/mol. The van der Waals surface area contributed by atoms with Crippen molar-refractivity contribution in [1.29, 1.82) is 0 Å². The molecule has 0 saturated heterocycles. The largest absolute Gasteiger partial charge is 0.335 e. The number of anilines is 5. The van der Waals surface area contributed by atoms with Crippen molar-refractivity contribution in [2.24, 2.45) is 0 Å². The molecular formula is C51H41BN2. The number of para-hydroxylation sites is 2. The van der Waals surface area contributed by atoms with Crippen LogP contribution in [0.15, 0.2) is 164 Å². The van der Waals surface area contributed by atoms with Crippen molar-refractivity contribution in [1.82, 2.24) is 0 Å². The molecule has 2 nitrogen and oxygen atoms in total. The maximum atomic E-state index is 9.14. The first-order chi connectivity index (χ1) is 28.6. The van der Waals surface area contributed by atoms with E-state index < -0.39 is 11.5 Å². The molecule has 7 aromatic rings. The second kappa shape index (κ2) is 10.7. The third-order valence-corrected chi connectivity index (χ3v) is 14.2. The topological polar surface area (TPSA) is 6.48 Å². The lowest BCUT2D eigenvalue weighted by molar-refractivity contribution is 0.195. The lowest BCUT2D eigenvalue weighted by atomic mass is 9.29. The quantitative estimate of drug-likeness (QED) is 0.170. The molecule has 5 aliphatic rings. The molecule has 2 atom stereocenters. The second-order valence-electron chi connectivity index (χ2n) is 16.3. The molecule has 2 aliphatic carbocycles. The van der Waals surface area contributed by atoms with E-state index in [9.17, 15) is 0 Å². The van der Waals surface area contributed by atoms with E-state index in [2.05, 4.69) is 122 Å². The van der Waals surface area contributed by atoms with Gasteiger partial charge in [-0.2, -0.15) is 0 Å². The summed E-state index contributed by atoms with van der Waals surface area (Å²) >= 11 is 0. The lowest BCUT2D eigenvalue weighted by Gasteiger charge is -2.53. The molecule has 0 aromatic heterocycles. The molecule has 2 unspecified atom stereocenters. The molecule has 3 aliphatic heterocycles. The van der Waals surface area contributed by atoms with Crippen LogP contribution in [0, 0.1) is 0 Å². The molecule has 0 radical (unpaired) electrons. The number of hydrogen-bond acceptors (Lipinski definition) is 2. The first kappa shape index (κ1) is 26.1.